The van der Waals surface area contributed by atoms with Crippen molar-refractivity contribution in [3.05, 3.63) is 47.4 Å². The normalized spacial score (nSPS) is 13.4. The Kier molecular flexibility index (Phi) is 2.94. The summed E-state index contributed by atoms with van der Waals surface area (Å²) < 4.78 is 0. The van der Waals surface area contributed by atoms with Crippen LogP contribution in [0.3, 0.4) is 0 Å². The van der Waals surface area contributed by atoms with Gasteiger partial charge in [-0.15, -0.1) is 0 Å². The molecule has 0 saturated carbocycles. The molecule has 0 atom stereocenters. The van der Waals surface area contributed by atoms with Crippen LogP contribution in [0.2, 0.25) is 0 Å². The third-order valence-corrected chi connectivity index (χ3v) is 3.33. The van der Waals surface area contributed by atoms with E-state index in [-0.39, 0.29) is 0 Å². The maximum Gasteiger partial charge on any atom is 0.137 e. The van der Waals surface area contributed by atoms with E-state index in [2.05, 4.69) is 15.3 Å². The summed E-state index contributed by atoms with van der Waals surface area (Å²) in [6.45, 7) is 0.573. The zero-order valence-electron chi connectivity index (χ0n) is 10.2. The summed E-state index contributed by atoms with van der Waals surface area (Å²) in [4.78, 5) is 8.66. The zero-order valence-corrected chi connectivity index (χ0v) is 10.2. The highest BCUT2D eigenvalue weighted by Crippen LogP contribution is 2.27. The number of rotatable bonds is 3. The van der Waals surface area contributed by atoms with Crippen molar-refractivity contribution < 1.29 is 0 Å². The van der Waals surface area contributed by atoms with Gasteiger partial charge >= 0.3 is 0 Å². The maximum absolute atomic E-state index is 5.59. The molecule has 0 unspecified atom stereocenters. The van der Waals surface area contributed by atoms with Gasteiger partial charge in [0.2, 0.25) is 0 Å². The molecule has 1 aliphatic rings. The fourth-order valence-corrected chi connectivity index (χ4v) is 2.33. The molecule has 0 saturated heterocycles. The van der Waals surface area contributed by atoms with Crippen LogP contribution >= 0.6 is 0 Å². The summed E-state index contributed by atoms with van der Waals surface area (Å²) >= 11 is 0. The maximum atomic E-state index is 5.59. The predicted molar refractivity (Wildman–Crippen MR) is 71.7 cm³/mol. The first kappa shape index (κ1) is 11.2. The smallest absolute Gasteiger partial charge is 0.137 e. The number of nitrogens with two attached hydrogens (primary N) is 1. The lowest BCUT2D eigenvalue weighted by Crippen LogP contribution is -2.01. The minimum absolute atomic E-state index is 0.573. The topological polar surface area (TPSA) is 63.8 Å². The molecule has 0 radical (unpaired) electrons. The summed E-state index contributed by atoms with van der Waals surface area (Å²) in [7, 11) is 0. The van der Waals surface area contributed by atoms with Crippen molar-refractivity contribution in [3.63, 3.8) is 0 Å². The van der Waals surface area contributed by atoms with E-state index in [1.54, 1.807) is 6.33 Å². The van der Waals surface area contributed by atoms with Crippen LogP contribution in [0.1, 0.15) is 23.2 Å². The number of benzene rings is 1. The number of aryl methyl sites for hydroxylation is 1. The van der Waals surface area contributed by atoms with E-state index in [9.17, 15) is 0 Å². The lowest BCUT2D eigenvalue weighted by atomic mass is 10.2. The van der Waals surface area contributed by atoms with Crippen LogP contribution in [0.15, 0.2) is 30.6 Å². The third kappa shape index (κ3) is 2.07. The molecule has 0 spiro atoms. The Bertz CT molecular complexity index is 548. The monoisotopic (exact) mass is 240 g/mol. The Morgan fingerprint density at radius 3 is 2.72 bits per heavy atom. The number of nitrogens with one attached hydrogen (secondary N) is 1. The minimum atomic E-state index is 0.573. The van der Waals surface area contributed by atoms with Crippen LogP contribution in [0.4, 0.5) is 11.5 Å². The zero-order chi connectivity index (χ0) is 12.4. The summed E-state index contributed by atoms with van der Waals surface area (Å²) in [5.74, 6) is 0.943. The van der Waals surface area contributed by atoms with Gasteiger partial charge in [-0.25, -0.2) is 9.97 Å². The second kappa shape index (κ2) is 4.74. The van der Waals surface area contributed by atoms with Gasteiger partial charge in [0.15, 0.2) is 0 Å². The van der Waals surface area contributed by atoms with E-state index in [1.165, 1.54) is 17.7 Å². The average molecular weight is 240 g/mol. The number of fused-ring (bicyclic) bond motifs is 1. The number of anilines is 2. The molecule has 2 aromatic rings. The fourth-order valence-electron chi connectivity index (χ4n) is 2.33. The molecule has 1 aromatic heterocycles. The van der Waals surface area contributed by atoms with Crippen molar-refractivity contribution in [2.45, 2.75) is 25.8 Å². The Morgan fingerprint density at radius 1 is 1.11 bits per heavy atom. The molecular weight excluding hydrogens is 224 g/mol. The second-order valence-electron chi connectivity index (χ2n) is 4.53. The van der Waals surface area contributed by atoms with Gasteiger partial charge < -0.3 is 11.1 Å². The summed E-state index contributed by atoms with van der Waals surface area (Å²) in [6, 6.07) is 8.13. The van der Waals surface area contributed by atoms with Crippen molar-refractivity contribution in [2.24, 2.45) is 5.73 Å². The van der Waals surface area contributed by atoms with E-state index in [0.717, 1.165) is 29.9 Å². The average Bonchev–Trinajstić information content (AvgIpc) is 2.89. The Hall–Kier alpha value is -1.94. The largest absolute Gasteiger partial charge is 0.340 e. The first-order valence-electron chi connectivity index (χ1n) is 6.25. The molecule has 1 heterocycles. The summed E-state index contributed by atoms with van der Waals surface area (Å²) in [5, 5.41) is 3.36. The highest BCUT2D eigenvalue weighted by molar-refractivity contribution is 5.60. The summed E-state index contributed by atoms with van der Waals surface area (Å²) in [5.41, 5.74) is 10.2. The Balaban J connectivity index is 1.86. The van der Waals surface area contributed by atoms with E-state index < -0.39 is 0 Å². The molecule has 3 rings (SSSR count). The lowest BCUT2D eigenvalue weighted by molar-refractivity contribution is 0.899. The van der Waals surface area contributed by atoms with E-state index in [4.69, 9.17) is 5.73 Å². The number of nitrogens with zero attached hydrogens (tertiary/aromatic N) is 2. The van der Waals surface area contributed by atoms with Gasteiger partial charge in [0, 0.05) is 23.5 Å². The number of aromatic nitrogens is 2. The number of hydrogen-bond acceptors (Lipinski definition) is 4. The van der Waals surface area contributed by atoms with Gasteiger partial charge in [-0.2, -0.15) is 0 Å². The Morgan fingerprint density at radius 2 is 1.94 bits per heavy atom. The Labute approximate surface area is 106 Å². The second-order valence-corrected chi connectivity index (χ2v) is 4.53. The first-order valence-corrected chi connectivity index (χ1v) is 6.25. The molecule has 0 fully saturated rings. The van der Waals surface area contributed by atoms with Crippen molar-refractivity contribution in [1.82, 2.24) is 9.97 Å². The third-order valence-electron chi connectivity index (χ3n) is 3.33. The van der Waals surface area contributed by atoms with Crippen LogP contribution in [0.25, 0.3) is 0 Å². The van der Waals surface area contributed by atoms with Crippen molar-refractivity contribution in [3.8, 4) is 0 Å². The summed E-state index contributed by atoms with van der Waals surface area (Å²) in [6.07, 6.45) is 4.95. The molecule has 1 aliphatic carbocycles. The SMILES string of the molecule is NCc1ccc(Nc2ncnc3c2CCC3)cc1. The van der Waals surface area contributed by atoms with Gasteiger partial charge in [0.1, 0.15) is 12.1 Å². The predicted octanol–water partition coefficient (Wildman–Crippen LogP) is 2.17. The fraction of sp³-hybridized carbons (Fsp3) is 0.286. The van der Waals surface area contributed by atoms with Gasteiger partial charge in [-0.1, -0.05) is 12.1 Å². The van der Waals surface area contributed by atoms with Crippen LogP contribution < -0.4 is 11.1 Å². The standard InChI is InChI=1S/C14H16N4/c15-8-10-4-6-11(7-5-10)18-14-12-2-1-3-13(12)16-9-17-14/h4-7,9H,1-3,8,15H2,(H,16,17,18). The molecule has 1 aromatic carbocycles. The molecule has 0 aliphatic heterocycles. The minimum Gasteiger partial charge on any atom is -0.340 e. The van der Waals surface area contributed by atoms with Crippen molar-refractivity contribution in [2.75, 3.05) is 5.32 Å². The molecule has 92 valence electrons. The molecule has 4 nitrogen and oxygen atoms in total. The first-order chi connectivity index (χ1) is 8.86. The van der Waals surface area contributed by atoms with Crippen LogP contribution in [0, 0.1) is 0 Å². The number of hydrogen-bond donors (Lipinski definition) is 2. The van der Waals surface area contributed by atoms with Crippen molar-refractivity contribution >= 4 is 11.5 Å². The molecule has 0 amide bonds. The highest BCUT2D eigenvalue weighted by atomic mass is 15.0. The molecule has 4 heteroatoms. The molecule has 18 heavy (non-hydrogen) atoms. The van der Waals surface area contributed by atoms with E-state index >= 15 is 0 Å². The molecule has 3 N–H and O–H groups in total. The van der Waals surface area contributed by atoms with Gasteiger partial charge in [-0.05, 0) is 37.0 Å². The van der Waals surface area contributed by atoms with E-state index in [0.29, 0.717) is 6.54 Å². The highest BCUT2D eigenvalue weighted by Gasteiger charge is 2.16. The van der Waals surface area contributed by atoms with E-state index in [1.807, 2.05) is 24.3 Å². The lowest BCUT2D eigenvalue weighted by Gasteiger charge is -2.09. The van der Waals surface area contributed by atoms with Crippen LogP contribution in [-0.2, 0) is 19.4 Å². The molecule has 0 bridgehead atoms. The van der Waals surface area contributed by atoms with Crippen LogP contribution in [0.5, 0.6) is 0 Å². The van der Waals surface area contributed by atoms with Gasteiger partial charge in [0.25, 0.3) is 0 Å². The quantitative estimate of drug-likeness (QED) is 0.863. The van der Waals surface area contributed by atoms with Crippen LogP contribution in [-0.4, -0.2) is 9.97 Å². The van der Waals surface area contributed by atoms with Gasteiger partial charge in [0.05, 0.1) is 0 Å². The van der Waals surface area contributed by atoms with Gasteiger partial charge in [-0.3, -0.25) is 0 Å². The van der Waals surface area contributed by atoms with Crippen molar-refractivity contribution in [1.29, 1.82) is 0 Å². The molecular formula is C14H16N4.